The molecule has 1 aliphatic rings. The van der Waals surface area contributed by atoms with E-state index in [1.165, 1.54) is 12.1 Å². The number of sulfonamides is 1. The maximum absolute atomic E-state index is 12.3. The summed E-state index contributed by atoms with van der Waals surface area (Å²) < 4.78 is 28.6. The average Bonchev–Trinajstić information content (AvgIpc) is 3.22. The molecule has 0 atom stereocenters. The summed E-state index contributed by atoms with van der Waals surface area (Å²) in [5, 5.41) is 27.6. The number of carbonyl (C=O) groups is 1. The van der Waals surface area contributed by atoms with E-state index in [0.717, 1.165) is 37.6 Å². The standard InChI is InChI=1S/C23H30N6O5S/c1-2-3-12-24-23-25-13-19-21(28-29(22(19)27-23)16-6-8-17(30)9-7-16)15-4-10-18(11-5-15)35(33,34)26-14-20(31)32/h4-5,10-11,13,16-17,26,30H,2-3,6-9,12,14H2,1H3,(H,31,32)(H,24,25,27)/t16-,17-. The van der Waals surface area contributed by atoms with Gasteiger partial charge < -0.3 is 15.5 Å². The van der Waals surface area contributed by atoms with Crippen molar-refractivity contribution in [3.63, 3.8) is 0 Å². The highest BCUT2D eigenvalue weighted by Gasteiger charge is 2.26. The minimum absolute atomic E-state index is 0.0360. The number of aliphatic hydroxyl groups is 1. The third kappa shape index (κ3) is 5.77. The first kappa shape index (κ1) is 25.0. The molecule has 2 aromatic heterocycles. The number of hydrogen-bond donors (Lipinski definition) is 4. The number of hydrogen-bond acceptors (Lipinski definition) is 8. The molecule has 2 heterocycles. The van der Waals surface area contributed by atoms with Crippen LogP contribution in [0.25, 0.3) is 22.3 Å². The van der Waals surface area contributed by atoms with E-state index in [1.807, 2.05) is 9.40 Å². The van der Waals surface area contributed by atoms with Crippen molar-refractivity contribution in [3.05, 3.63) is 30.5 Å². The van der Waals surface area contributed by atoms with Gasteiger partial charge in [0.25, 0.3) is 0 Å². The average molecular weight is 503 g/mol. The number of nitrogens with one attached hydrogen (secondary N) is 2. The molecule has 4 N–H and O–H groups in total. The smallest absolute Gasteiger partial charge is 0.318 e. The van der Waals surface area contributed by atoms with Crippen molar-refractivity contribution in [2.75, 3.05) is 18.4 Å². The van der Waals surface area contributed by atoms with E-state index in [4.69, 9.17) is 15.2 Å². The zero-order valence-corrected chi connectivity index (χ0v) is 20.3. The minimum Gasteiger partial charge on any atom is -0.480 e. The number of aliphatic carboxylic acids is 1. The Morgan fingerprint density at radius 2 is 1.89 bits per heavy atom. The molecule has 11 nitrogen and oxygen atoms in total. The number of rotatable bonds is 10. The first-order valence-corrected chi connectivity index (χ1v) is 13.3. The molecule has 0 saturated heterocycles. The van der Waals surface area contributed by atoms with Gasteiger partial charge >= 0.3 is 5.97 Å². The fourth-order valence-corrected chi connectivity index (χ4v) is 5.16. The van der Waals surface area contributed by atoms with Gasteiger partial charge in [0.2, 0.25) is 16.0 Å². The van der Waals surface area contributed by atoms with Gasteiger partial charge in [0, 0.05) is 18.3 Å². The fraction of sp³-hybridized carbons (Fsp3) is 0.478. The Bertz CT molecular complexity index is 1280. The number of unbranched alkanes of at least 4 members (excludes halogenated alkanes) is 1. The van der Waals surface area contributed by atoms with Crippen LogP contribution in [0.2, 0.25) is 0 Å². The van der Waals surface area contributed by atoms with Crippen LogP contribution in [0.4, 0.5) is 5.95 Å². The highest BCUT2D eigenvalue weighted by atomic mass is 32.2. The van der Waals surface area contributed by atoms with E-state index in [1.54, 1.807) is 18.3 Å². The van der Waals surface area contributed by atoms with Crippen molar-refractivity contribution in [1.29, 1.82) is 0 Å². The number of carboxylic acid groups (broad SMARTS) is 1. The third-order valence-corrected chi connectivity index (χ3v) is 7.54. The van der Waals surface area contributed by atoms with Crippen LogP contribution in [0.3, 0.4) is 0 Å². The largest absolute Gasteiger partial charge is 0.480 e. The maximum Gasteiger partial charge on any atom is 0.318 e. The van der Waals surface area contributed by atoms with E-state index in [-0.39, 0.29) is 17.0 Å². The normalized spacial score (nSPS) is 18.6. The van der Waals surface area contributed by atoms with Gasteiger partial charge in [-0.05, 0) is 44.2 Å². The van der Waals surface area contributed by atoms with Crippen LogP contribution < -0.4 is 10.0 Å². The number of aromatic nitrogens is 4. The van der Waals surface area contributed by atoms with Crippen molar-refractivity contribution >= 4 is 33.0 Å². The number of aliphatic hydroxyl groups excluding tert-OH is 1. The Balaban J connectivity index is 1.69. The fourth-order valence-electron chi connectivity index (χ4n) is 4.19. The molecule has 1 aromatic carbocycles. The van der Waals surface area contributed by atoms with E-state index in [2.05, 4.69) is 17.2 Å². The number of nitrogens with zero attached hydrogens (tertiary/aromatic N) is 4. The first-order valence-electron chi connectivity index (χ1n) is 11.8. The van der Waals surface area contributed by atoms with Crippen LogP contribution >= 0.6 is 0 Å². The van der Waals surface area contributed by atoms with Crippen LogP contribution in [-0.4, -0.2) is 63.5 Å². The predicted octanol–water partition coefficient (Wildman–Crippen LogP) is 2.54. The lowest BCUT2D eigenvalue weighted by Gasteiger charge is -2.25. The highest BCUT2D eigenvalue weighted by molar-refractivity contribution is 7.89. The Kier molecular flexibility index (Phi) is 7.63. The van der Waals surface area contributed by atoms with E-state index < -0.39 is 22.5 Å². The SMILES string of the molecule is CCCCNc1ncc2c(-c3ccc(S(=O)(=O)NCC(=O)O)cc3)nn([C@H]3CC[C@H](O)CC3)c2n1. The van der Waals surface area contributed by atoms with Gasteiger partial charge in [-0.2, -0.15) is 14.8 Å². The molecule has 3 aromatic rings. The monoisotopic (exact) mass is 502 g/mol. The summed E-state index contributed by atoms with van der Waals surface area (Å²) in [6, 6.07) is 6.21. The Morgan fingerprint density at radius 1 is 1.17 bits per heavy atom. The van der Waals surface area contributed by atoms with Crippen LogP contribution in [0, 0.1) is 0 Å². The molecule has 4 rings (SSSR count). The molecule has 1 aliphatic carbocycles. The number of benzene rings is 1. The molecule has 188 valence electrons. The van der Waals surface area contributed by atoms with Crippen LogP contribution in [0.5, 0.6) is 0 Å². The summed E-state index contributed by atoms with van der Waals surface area (Å²) in [4.78, 5) is 19.9. The van der Waals surface area contributed by atoms with Gasteiger partial charge in [-0.3, -0.25) is 4.79 Å². The Hall–Kier alpha value is -3.09. The second kappa shape index (κ2) is 10.7. The van der Waals surface area contributed by atoms with E-state index in [9.17, 15) is 18.3 Å². The van der Waals surface area contributed by atoms with Gasteiger partial charge in [-0.15, -0.1) is 0 Å². The number of carboxylic acids is 1. The lowest BCUT2D eigenvalue weighted by molar-refractivity contribution is -0.135. The van der Waals surface area contributed by atoms with Gasteiger partial charge in [-0.25, -0.2) is 18.1 Å². The number of anilines is 1. The molecule has 1 fully saturated rings. The van der Waals surface area contributed by atoms with Crippen molar-refractivity contribution in [1.82, 2.24) is 24.5 Å². The summed E-state index contributed by atoms with van der Waals surface area (Å²) in [5.74, 6) is -0.735. The quantitative estimate of drug-likeness (QED) is 0.306. The second-order valence-corrected chi connectivity index (χ2v) is 10.5. The van der Waals surface area contributed by atoms with Gasteiger partial charge in [0.05, 0.1) is 22.4 Å². The predicted molar refractivity (Wildman–Crippen MR) is 130 cm³/mol. The maximum atomic E-state index is 12.3. The molecule has 0 bridgehead atoms. The van der Waals surface area contributed by atoms with Crippen LogP contribution in [0.15, 0.2) is 35.4 Å². The van der Waals surface area contributed by atoms with Crippen LogP contribution in [-0.2, 0) is 14.8 Å². The van der Waals surface area contributed by atoms with Crippen molar-refractivity contribution < 1.29 is 23.4 Å². The van der Waals surface area contributed by atoms with Crippen molar-refractivity contribution in [2.24, 2.45) is 0 Å². The molecule has 12 heteroatoms. The number of fused-ring (bicyclic) bond motifs is 1. The molecule has 35 heavy (non-hydrogen) atoms. The lowest BCUT2D eigenvalue weighted by atomic mass is 9.93. The van der Waals surface area contributed by atoms with Crippen molar-refractivity contribution in [3.8, 4) is 11.3 Å². The lowest BCUT2D eigenvalue weighted by Crippen LogP contribution is -2.29. The van der Waals surface area contributed by atoms with Gasteiger partial charge in [0.15, 0.2) is 5.65 Å². The molecular formula is C23H30N6O5S. The second-order valence-electron chi connectivity index (χ2n) is 8.71. The third-order valence-electron chi connectivity index (χ3n) is 6.13. The molecule has 0 radical (unpaired) electrons. The molecule has 0 spiro atoms. The Labute approximate surface area is 203 Å². The van der Waals surface area contributed by atoms with E-state index >= 15 is 0 Å². The molecule has 0 amide bonds. The summed E-state index contributed by atoms with van der Waals surface area (Å²) in [7, 11) is -3.94. The molecule has 0 unspecified atom stereocenters. The molecule has 1 saturated carbocycles. The molecule has 0 aliphatic heterocycles. The van der Waals surface area contributed by atoms with Gasteiger partial charge in [-0.1, -0.05) is 25.5 Å². The van der Waals surface area contributed by atoms with E-state index in [0.29, 0.717) is 35.7 Å². The minimum atomic E-state index is -3.94. The summed E-state index contributed by atoms with van der Waals surface area (Å²) in [5.41, 5.74) is 2.01. The first-order chi connectivity index (χ1) is 16.8. The summed E-state index contributed by atoms with van der Waals surface area (Å²) in [6.07, 6.45) is 6.46. The summed E-state index contributed by atoms with van der Waals surface area (Å²) in [6.45, 7) is 2.19. The summed E-state index contributed by atoms with van der Waals surface area (Å²) >= 11 is 0. The Morgan fingerprint density at radius 3 is 2.54 bits per heavy atom. The topological polar surface area (TPSA) is 159 Å². The highest BCUT2D eigenvalue weighted by Crippen LogP contribution is 2.34. The van der Waals surface area contributed by atoms with Crippen molar-refractivity contribution in [2.45, 2.75) is 62.5 Å². The zero-order chi connectivity index (χ0) is 25.0. The van der Waals surface area contributed by atoms with Crippen LogP contribution in [0.1, 0.15) is 51.5 Å². The molecular weight excluding hydrogens is 472 g/mol. The zero-order valence-electron chi connectivity index (χ0n) is 19.5. The van der Waals surface area contributed by atoms with Gasteiger partial charge in [0.1, 0.15) is 12.2 Å².